The summed E-state index contributed by atoms with van der Waals surface area (Å²) in [7, 11) is 1.61. The van der Waals surface area contributed by atoms with E-state index in [1.54, 1.807) is 7.05 Å². The van der Waals surface area contributed by atoms with Gasteiger partial charge in [-0.05, 0) is 32.2 Å². The zero-order chi connectivity index (χ0) is 17.7. The highest BCUT2D eigenvalue weighted by atomic mass is 32.1. The van der Waals surface area contributed by atoms with Crippen molar-refractivity contribution >= 4 is 23.2 Å². The van der Waals surface area contributed by atoms with Crippen LogP contribution in [0.3, 0.4) is 0 Å². The van der Waals surface area contributed by atoms with E-state index in [9.17, 15) is 9.59 Å². The number of amides is 2. The van der Waals surface area contributed by atoms with E-state index < -0.39 is 0 Å². The van der Waals surface area contributed by atoms with Crippen LogP contribution in [0.5, 0.6) is 0 Å². The van der Waals surface area contributed by atoms with Crippen LogP contribution in [0.1, 0.15) is 33.1 Å². The lowest BCUT2D eigenvalue weighted by atomic mass is 10.1. The molecule has 0 saturated heterocycles. The molecule has 8 heteroatoms. The molecule has 24 heavy (non-hydrogen) atoms. The van der Waals surface area contributed by atoms with Crippen molar-refractivity contribution in [2.24, 2.45) is 0 Å². The fourth-order valence-corrected chi connectivity index (χ4v) is 2.68. The van der Waals surface area contributed by atoms with Gasteiger partial charge in [-0.1, -0.05) is 11.2 Å². The summed E-state index contributed by atoms with van der Waals surface area (Å²) in [6.07, 6.45) is 0.563. The summed E-state index contributed by atoms with van der Waals surface area (Å²) in [5.41, 5.74) is -0.317. The first-order valence-electron chi connectivity index (χ1n) is 7.66. The topological polar surface area (TPSA) is 88.3 Å². The number of hydrogen-bond acceptors (Lipinski definition) is 6. The second kappa shape index (κ2) is 7.57. The average Bonchev–Trinajstić information content (AvgIpc) is 3.13. The van der Waals surface area contributed by atoms with Crippen molar-refractivity contribution in [3.05, 3.63) is 23.4 Å². The van der Waals surface area contributed by atoms with Crippen molar-refractivity contribution in [3.63, 3.8) is 0 Å². The van der Waals surface area contributed by atoms with Gasteiger partial charge in [0.1, 0.15) is 0 Å². The van der Waals surface area contributed by atoms with Gasteiger partial charge in [-0.15, -0.1) is 11.3 Å². The van der Waals surface area contributed by atoms with Crippen molar-refractivity contribution in [2.45, 2.75) is 39.2 Å². The van der Waals surface area contributed by atoms with Crippen molar-refractivity contribution in [1.29, 1.82) is 0 Å². The summed E-state index contributed by atoms with van der Waals surface area (Å²) in [5.74, 6) is 0.621. The summed E-state index contributed by atoms with van der Waals surface area (Å²) in [4.78, 5) is 30.5. The molecular weight excluding hydrogens is 328 g/mol. The van der Waals surface area contributed by atoms with Gasteiger partial charge in [-0.25, -0.2) is 0 Å². The van der Waals surface area contributed by atoms with E-state index in [-0.39, 0.29) is 30.3 Å². The molecule has 0 bridgehead atoms. The maximum Gasteiger partial charge on any atom is 0.240 e. The molecule has 0 aliphatic carbocycles. The van der Waals surface area contributed by atoms with Crippen molar-refractivity contribution < 1.29 is 14.1 Å². The lowest BCUT2D eigenvalue weighted by Crippen LogP contribution is -2.46. The average molecular weight is 350 g/mol. The minimum Gasteiger partial charge on any atom is -0.350 e. The molecule has 0 fully saturated rings. The maximum absolute atomic E-state index is 12.1. The number of hydrogen-bond donors (Lipinski definition) is 1. The number of carbonyl (C=O) groups is 2. The molecule has 2 rings (SSSR count). The lowest BCUT2D eigenvalue weighted by Gasteiger charge is -2.23. The number of nitrogens with one attached hydrogen (secondary N) is 1. The highest BCUT2D eigenvalue weighted by molar-refractivity contribution is 7.13. The smallest absolute Gasteiger partial charge is 0.240 e. The third kappa shape index (κ3) is 5.45. The van der Waals surface area contributed by atoms with Crippen LogP contribution in [-0.4, -0.2) is 46.0 Å². The molecule has 2 aromatic heterocycles. The largest absolute Gasteiger partial charge is 0.350 e. The van der Waals surface area contributed by atoms with E-state index >= 15 is 0 Å². The third-order valence-electron chi connectivity index (χ3n) is 3.08. The second-order valence-corrected chi connectivity index (χ2v) is 7.48. The first-order valence-corrected chi connectivity index (χ1v) is 8.54. The van der Waals surface area contributed by atoms with Crippen LogP contribution in [0.2, 0.25) is 0 Å². The molecule has 0 spiro atoms. The van der Waals surface area contributed by atoms with E-state index in [1.807, 2.05) is 38.3 Å². The summed E-state index contributed by atoms with van der Waals surface area (Å²) >= 11 is 1.53. The molecule has 0 radical (unpaired) electrons. The van der Waals surface area contributed by atoms with Gasteiger partial charge in [-0.3, -0.25) is 9.59 Å². The number of aromatic nitrogens is 2. The quantitative estimate of drug-likeness (QED) is 0.862. The standard InChI is InChI=1S/C16H22N4O3S/c1-16(2,3)18-12(21)10-20(4)14(22)8-7-13-17-15(19-23-13)11-6-5-9-24-11/h5-6,9H,7-8,10H2,1-4H3,(H,18,21). The Balaban J connectivity index is 1.81. The zero-order valence-electron chi connectivity index (χ0n) is 14.3. The molecule has 130 valence electrons. The lowest BCUT2D eigenvalue weighted by molar-refractivity contribution is -0.135. The van der Waals surface area contributed by atoms with Crippen molar-refractivity contribution in [1.82, 2.24) is 20.4 Å². The van der Waals surface area contributed by atoms with Crippen LogP contribution in [-0.2, 0) is 16.0 Å². The third-order valence-corrected chi connectivity index (χ3v) is 3.95. The minimum atomic E-state index is -0.317. The normalized spacial score (nSPS) is 11.3. The van der Waals surface area contributed by atoms with Gasteiger partial charge in [0.2, 0.25) is 23.5 Å². The Bertz CT molecular complexity index is 688. The van der Waals surface area contributed by atoms with Crippen molar-refractivity contribution in [2.75, 3.05) is 13.6 Å². The van der Waals surface area contributed by atoms with Gasteiger partial charge in [-0.2, -0.15) is 4.98 Å². The van der Waals surface area contributed by atoms with Crippen LogP contribution >= 0.6 is 11.3 Å². The number of rotatable bonds is 6. The van der Waals surface area contributed by atoms with Crippen LogP contribution in [0, 0.1) is 0 Å². The number of carbonyl (C=O) groups excluding carboxylic acids is 2. The summed E-state index contributed by atoms with van der Waals surface area (Å²) in [5, 5.41) is 8.67. The van der Waals surface area contributed by atoms with Gasteiger partial charge in [0.15, 0.2) is 0 Å². The fourth-order valence-electron chi connectivity index (χ4n) is 2.03. The van der Waals surface area contributed by atoms with E-state index in [0.717, 1.165) is 4.88 Å². The van der Waals surface area contributed by atoms with Crippen LogP contribution in [0.25, 0.3) is 10.7 Å². The summed E-state index contributed by atoms with van der Waals surface area (Å²) in [6.45, 7) is 5.72. The van der Waals surface area contributed by atoms with E-state index in [0.29, 0.717) is 18.1 Å². The minimum absolute atomic E-state index is 0.0282. The van der Waals surface area contributed by atoms with Gasteiger partial charge in [0, 0.05) is 25.4 Å². The Kier molecular flexibility index (Phi) is 5.71. The van der Waals surface area contributed by atoms with Crippen molar-refractivity contribution in [3.8, 4) is 10.7 Å². The van der Waals surface area contributed by atoms with Gasteiger partial charge in [0.05, 0.1) is 11.4 Å². The van der Waals surface area contributed by atoms with E-state index in [2.05, 4.69) is 15.5 Å². The monoisotopic (exact) mass is 350 g/mol. The van der Waals surface area contributed by atoms with Gasteiger partial charge in [0.25, 0.3) is 0 Å². The molecule has 0 aliphatic rings. The Morgan fingerprint density at radius 1 is 1.38 bits per heavy atom. The molecular formula is C16H22N4O3S. The maximum atomic E-state index is 12.1. The first-order chi connectivity index (χ1) is 11.2. The highest BCUT2D eigenvalue weighted by Gasteiger charge is 2.18. The highest BCUT2D eigenvalue weighted by Crippen LogP contribution is 2.21. The van der Waals surface area contributed by atoms with Gasteiger partial charge >= 0.3 is 0 Å². The molecule has 7 nitrogen and oxygen atoms in total. The summed E-state index contributed by atoms with van der Waals surface area (Å²) in [6, 6.07) is 3.82. The van der Waals surface area contributed by atoms with Gasteiger partial charge < -0.3 is 14.7 Å². The zero-order valence-corrected chi connectivity index (χ0v) is 15.1. The molecule has 2 aromatic rings. The Labute approximate surface area is 145 Å². The SMILES string of the molecule is CN(CC(=O)NC(C)(C)C)C(=O)CCc1nc(-c2cccs2)no1. The molecule has 2 heterocycles. The second-order valence-electron chi connectivity index (χ2n) is 6.54. The molecule has 0 atom stereocenters. The molecule has 0 unspecified atom stereocenters. The number of thiophene rings is 1. The molecule has 1 N–H and O–H groups in total. The van der Waals surface area contributed by atoms with Crippen LogP contribution in [0.15, 0.2) is 22.0 Å². The number of likely N-dealkylation sites (N-methyl/N-ethyl adjacent to an activating group) is 1. The molecule has 2 amide bonds. The Morgan fingerprint density at radius 2 is 2.12 bits per heavy atom. The Morgan fingerprint density at radius 3 is 2.75 bits per heavy atom. The predicted octanol–water partition coefficient (Wildman–Crippen LogP) is 2.10. The van der Waals surface area contributed by atoms with Crippen LogP contribution in [0.4, 0.5) is 0 Å². The number of nitrogens with zero attached hydrogens (tertiary/aromatic N) is 3. The first kappa shape index (κ1) is 18.1. The summed E-state index contributed by atoms with van der Waals surface area (Å²) < 4.78 is 5.16. The van der Waals surface area contributed by atoms with Crippen LogP contribution < -0.4 is 5.32 Å². The molecule has 0 aromatic carbocycles. The molecule has 0 aliphatic heterocycles. The van der Waals surface area contributed by atoms with E-state index in [4.69, 9.17) is 4.52 Å². The Hall–Kier alpha value is -2.22. The van der Waals surface area contributed by atoms with E-state index in [1.165, 1.54) is 16.2 Å². The molecule has 0 saturated carbocycles. The number of aryl methyl sites for hydroxylation is 1. The fraction of sp³-hybridized carbons (Fsp3) is 0.500. The predicted molar refractivity (Wildman–Crippen MR) is 91.5 cm³/mol.